The Labute approximate surface area is 100 Å². The maximum atomic E-state index is 12.2. The summed E-state index contributed by atoms with van der Waals surface area (Å²) in [6.45, 7) is 1.89. The van der Waals surface area contributed by atoms with Crippen molar-refractivity contribution in [3.63, 3.8) is 0 Å². The minimum absolute atomic E-state index is 0.0886. The molecule has 0 aliphatic carbocycles. The van der Waals surface area contributed by atoms with Crippen LogP contribution in [0.5, 0.6) is 0 Å². The van der Waals surface area contributed by atoms with Crippen molar-refractivity contribution in [3.05, 3.63) is 47.8 Å². The number of aryl methyl sites for hydroxylation is 2. The third-order valence-corrected chi connectivity index (χ3v) is 2.66. The van der Waals surface area contributed by atoms with Gasteiger partial charge in [0.05, 0.1) is 0 Å². The first-order valence-electron chi connectivity index (χ1n) is 5.43. The first-order chi connectivity index (χ1) is 8.09. The van der Waals surface area contributed by atoms with Crippen LogP contribution in [0.1, 0.15) is 16.1 Å². The van der Waals surface area contributed by atoms with E-state index in [1.807, 2.05) is 50.5 Å². The summed E-state index contributed by atoms with van der Waals surface area (Å²) in [6, 6.07) is 9.54. The van der Waals surface area contributed by atoms with E-state index >= 15 is 0 Å². The Bertz CT molecular complexity index is 531. The van der Waals surface area contributed by atoms with Gasteiger partial charge in [-0.25, -0.2) is 0 Å². The minimum Gasteiger partial charge on any atom is -0.310 e. The van der Waals surface area contributed by atoms with Gasteiger partial charge in [0.15, 0.2) is 5.69 Å². The van der Waals surface area contributed by atoms with Crippen molar-refractivity contribution in [3.8, 4) is 0 Å². The molecule has 1 aromatic carbocycles. The van der Waals surface area contributed by atoms with Crippen molar-refractivity contribution < 1.29 is 4.79 Å². The lowest BCUT2D eigenvalue weighted by atomic mass is 10.2. The van der Waals surface area contributed by atoms with Crippen LogP contribution in [-0.4, -0.2) is 22.7 Å². The summed E-state index contributed by atoms with van der Waals surface area (Å²) >= 11 is 0. The lowest BCUT2D eigenvalue weighted by Gasteiger charge is -2.16. The number of carbonyl (C=O) groups excluding carboxylic acids is 1. The molecule has 0 aliphatic rings. The highest BCUT2D eigenvalue weighted by atomic mass is 16.2. The average Bonchev–Trinajstić information content (AvgIpc) is 2.68. The molecular weight excluding hydrogens is 214 g/mol. The molecule has 0 spiro atoms. The molecule has 0 atom stereocenters. The van der Waals surface area contributed by atoms with Crippen molar-refractivity contribution in [1.82, 2.24) is 9.78 Å². The molecule has 0 radical (unpaired) electrons. The Morgan fingerprint density at radius 2 is 1.94 bits per heavy atom. The number of benzene rings is 1. The summed E-state index contributed by atoms with van der Waals surface area (Å²) in [4.78, 5) is 13.8. The number of rotatable bonds is 2. The molecule has 2 rings (SSSR count). The molecule has 0 aliphatic heterocycles. The molecule has 2 aromatic rings. The Hall–Kier alpha value is -2.10. The largest absolute Gasteiger partial charge is 0.310 e. The molecule has 0 saturated carbocycles. The van der Waals surface area contributed by atoms with Gasteiger partial charge in [-0.2, -0.15) is 5.10 Å². The van der Waals surface area contributed by atoms with Crippen molar-refractivity contribution in [2.75, 3.05) is 11.9 Å². The van der Waals surface area contributed by atoms with Gasteiger partial charge in [-0.3, -0.25) is 9.48 Å². The van der Waals surface area contributed by atoms with Gasteiger partial charge in [-0.15, -0.1) is 0 Å². The van der Waals surface area contributed by atoms with Gasteiger partial charge in [0, 0.05) is 31.5 Å². The van der Waals surface area contributed by atoms with Crippen molar-refractivity contribution in [2.45, 2.75) is 6.92 Å². The standard InChI is InChI=1S/C13H15N3O/c1-10-9-15(2)14-12(10)13(17)16(3)11-7-5-4-6-8-11/h4-9H,1-3H3. The van der Waals surface area contributed by atoms with E-state index < -0.39 is 0 Å². The smallest absolute Gasteiger partial charge is 0.278 e. The Balaban J connectivity index is 2.30. The van der Waals surface area contributed by atoms with E-state index in [-0.39, 0.29) is 5.91 Å². The number of aromatic nitrogens is 2. The third kappa shape index (κ3) is 2.20. The second kappa shape index (κ2) is 4.41. The molecule has 0 bridgehead atoms. The molecule has 0 N–H and O–H groups in total. The predicted octanol–water partition coefficient (Wildman–Crippen LogP) is 2.01. The molecule has 0 fully saturated rings. The zero-order valence-electron chi connectivity index (χ0n) is 10.2. The van der Waals surface area contributed by atoms with Gasteiger partial charge in [0.25, 0.3) is 5.91 Å². The second-order valence-electron chi connectivity index (χ2n) is 4.03. The Kier molecular flexibility index (Phi) is 2.95. The van der Waals surface area contributed by atoms with Gasteiger partial charge >= 0.3 is 0 Å². The van der Waals surface area contributed by atoms with Gasteiger partial charge < -0.3 is 4.90 Å². The molecule has 1 heterocycles. The number of hydrogen-bond donors (Lipinski definition) is 0. The molecule has 88 valence electrons. The van der Waals surface area contributed by atoms with Crippen LogP contribution in [0.25, 0.3) is 0 Å². The Morgan fingerprint density at radius 3 is 2.47 bits per heavy atom. The van der Waals surface area contributed by atoms with Gasteiger partial charge in [-0.1, -0.05) is 18.2 Å². The molecule has 1 amide bonds. The van der Waals surface area contributed by atoms with E-state index in [9.17, 15) is 4.79 Å². The van der Waals surface area contributed by atoms with Crippen molar-refractivity contribution in [2.24, 2.45) is 7.05 Å². The van der Waals surface area contributed by atoms with Crippen LogP contribution >= 0.6 is 0 Å². The molecule has 0 saturated heterocycles. The lowest BCUT2D eigenvalue weighted by molar-refractivity contribution is 0.0987. The molecule has 4 nitrogen and oxygen atoms in total. The van der Waals surface area contributed by atoms with E-state index in [0.717, 1.165) is 11.3 Å². The van der Waals surface area contributed by atoms with Crippen molar-refractivity contribution in [1.29, 1.82) is 0 Å². The highest BCUT2D eigenvalue weighted by Gasteiger charge is 2.18. The summed E-state index contributed by atoms with van der Waals surface area (Å²) in [5.41, 5.74) is 2.25. The van der Waals surface area contributed by atoms with Crippen LogP contribution in [0, 0.1) is 6.92 Å². The number of para-hydroxylation sites is 1. The van der Waals surface area contributed by atoms with Crippen LogP contribution < -0.4 is 4.90 Å². The van der Waals surface area contributed by atoms with Crippen LogP contribution in [-0.2, 0) is 7.05 Å². The van der Waals surface area contributed by atoms with Crippen LogP contribution in [0.15, 0.2) is 36.5 Å². The molecule has 1 aromatic heterocycles. The summed E-state index contributed by atoms with van der Waals surface area (Å²) < 4.78 is 1.65. The summed E-state index contributed by atoms with van der Waals surface area (Å²) in [7, 11) is 3.57. The number of nitrogens with zero attached hydrogens (tertiary/aromatic N) is 3. The first-order valence-corrected chi connectivity index (χ1v) is 5.43. The Morgan fingerprint density at radius 1 is 1.29 bits per heavy atom. The van der Waals surface area contributed by atoms with E-state index in [2.05, 4.69) is 5.10 Å². The fourth-order valence-electron chi connectivity index (χ4n) is 1.75. The highest BCUT2D eigenvalue weighted by Crippen LogP contribution is 2.15. The fraction of sp³-hybridized carbons (Fsp3) is 0.231. The maximum absolute atomic E-state index is 12.2. The van der Waals surface area contributed by atoms with E-state index in [0.29, 0.717) is 5.69 Å². The van der Waals surface area contributed by atoms with Crippen LogP contribution in [0.2, 0.25) is 0 Å². The van der Waals surface area contributed by atoms with Crippen molar-refractivity contribution >= 4 is 11.6 Å². The van der Waals surface area contributed by atoms with Gasteiger partial charge in [0.1, 0.15) is 0 Å². The fourth-order valence-corrected chi connectivity index (χ4v) is 1.75. The minimum atomic E-state index is -0.0886. The van der Waals surface area contributed by atoms with E-state index in [1.165, 1.54) is 0 Å². The van der Waals surface area contributed by atoms with Crippen LogP contribution in [0.4, 0.5) is 5.69 Å². The van der Waals surface area contributed by atoms with Gasteiger partial charge in [-0.05, 0) is 19.1 Å². The van der Waals surface area contributed by atoms with E-state index in [1.54, 1.807) is 16.6 Å². The lowest BCUT2D eigenvalue weighted by Crippen LogP contribution is -2.27. The number of carbonyl (C=O) groups is 1. The third-order valence-electron chi connectivity index (χ3n) is 2.66. The zero-order chi connectivity index (χ0) is 12.4. The number of anilines is 1. The molecule has 0 unspecified atom stereocenters. The highest BCUT2D eigenvalue weighted by molar-refractivity contribution is 6.05. The normalized spacial score (nSPS) is 10.3. The summed E-state index contributed by atoms with van der Waals surface area (Å²) in [6.07, 6.45) is 1.84. The number of hydrogen-bond acceptors (Lipinski definition) is 2. The quantitative estimate of drug-likeness (QED) is 0.790. The average molecular weight is 229 g/mol. The molecule has 17 heavy (non-hydrogen) atoms. The molecule has 4 heteroatoms. The zero-order valence-corrected chi connectivity index (χ0v) is 10.2. The SMILES string of the molecule is Cc1cn(C)nc1C(=O)N(C)c1ccccc1. The van der Waals surface area contributed by atoms with E-state index in [4.69, 9.17) is 0 Å². The van der Waals surface area contributed by atoms with Crippen LogP contribution in [0.3, 0.4) is 0 Å². The summed E-state index contributed by atoms with van der Waals surface area (Å²) in [5.74, 6) is -0.0886. The predicted molar refractivity (Wildman–Crippen MR) is 67.1 cm³/mol. The summed E-state index contributed by atoms with van der Waals surface area (Å²) in [5, 5.41) is 4.18. The topological polar surface area (TPSA) is 38.1 Å². The molecular formula is C13H15N3O. The number of amides is 1. The maximum Gasteiger partial charge on any atom is 0.278 e. The monoisotopic (exact) mass is 229 g/mol. The second-order valence-corrected chi connectivity index (χ2v) is 4.03. The first kappa shape index (κ1) is 11.4. The van der Waals surface area contributed by atoms with Gasteiger partial charge in [0.2, 0.25) is 0 Å².